The molecule has 0 spiro atoms. The molecule has 0 radical (unpaired) electrons. The molecule has 0 saturated heterocycles. The zero-order chi connectivity index (χ0) is 10.6. The van der Waals surface area contributed by atoms with E-state index in [1.807, 2.05) is 0 Å². The molecule has 76 valence electrons. The average Bonchev–Trinajstić information content (AvgIpc) is 2.50. The molecule has 0 aromatic carbocycles. The Labute approximate surface area is 80.7 Å². The van der Waals surface area contributed by atoms with E-state index < -0.39 is 5.97 Å². The number of aliphatic carboxylic acids is 1. The molecule has 0 atom stereocenters. The molecule has 2 N–H and O–H groups in total. The molecule has 1 aromatic rings. The average molecular weight is 197 g/mol. The summed E-state index contributed by atoms with van der Waals surface area (Å²) in [6.45, 7) is 1.80. The van der Waals surface area contributed by atoms with Crippen LogP contribution in [0.2, 0.25) is 0 Å². The van der Waals surface area contributed by atoms with Gasteiger partial charge in [0.05, 0.1) is 18.2 Å². The van der Waals surface area contributed by atoms with E-state index in [0.29, 0.717) is 11.3 Å². The van der Waals surface area contributed by atoms with Crippen LogP contribution in [0.5, 0.6) is 0 Å². The summed E-state index contributed by atoms with van der Waals surface area (Å²) in [6, 6.07) is 1.55. The van der Waals surface area contributed by atoms with Crippen LogP contribution in [0.15, 0.2) is 16.7 Å². The van der Waals surface area contributed by atoms with Gasteiger partial charge in [-0.3, -0.25) is 9.59 Å². The van der Waals surface area contributed by atoms with Crippen LogP contribution in [0.25, 0.3) is 0 Å². The highest BCUT2D eigenvalue weighted by Crippen LogP contribution is 2.07. The first-order chi connectivity index (χ1) is 6.61. The van der Waals surface area contributed by atoms with Gasteiger partial charge < -0.3 is 14.8 Å². The molecule has 5 heteroatoms. The van der Waals surface area contributed by atoms with Gasteiger partial charge in [0.2, 0.25) is 0 Å². The third-order valence-electron chi connectivity index (χ3n) is 1.73. The summed E-state index contributed by atoms with van der Waals surface area (Å²) < 4.78 is 4.94. The number of carbonyl (C=O) groups excluding carboxylic acids is 1. The fraction of sp³-hybridized carbons (Fsp3) is 0.333. The van der Waals surface area contributed by atoms with Crippen molar-refractivity contribution in [3.63, 3.8) is 0 Å². The molecule has 0 bridgehead atoms. The minimum Gasteiger partial charge on any atom is -0.481 e. The lowest BCUT2D eigenvalue weighted by molar-refractivity contribution is -0.136. The number of nitrogens with one attached hydrogen (secondary N) is 1. The molecule has 0 unspecified atom stereocenters. The Kier molecular flexibility index (Phi) is 3.28. The fourth-order valence-electron chi connectivity index (χ4n) is 0.999. The second-order valence-electron chi connectivity index (χ2n) is 2.79. The summed E-state index contributed by atoms with van der Waals surface area (Å²) >= 11 is 0. The number of hydrogen-bond donors (Lipinski definition) is 2. The number of carboxylic acid groups (broad SMARTS) is 1. The largest absolute Gasteiger partial charge is 0.481 e. The third kappa shape index (κ3) is 2.62. The van der Waals surface area contributed by atoms with E-state index >= 15 is 0 Å². The predicted molar refractivity (Wildman–Crippen MR) is 48.0 cm³/mol. The zero-order valence-corrected chi connectivity index (χ0v) is 7.74. The number of amides is 1. The SMILES string of the molecule is Cc1occc1C(=O)NCCC(=O)O. The lowest BCUT2D eigenvalue weighted by Crippen LogP contribution is -2.26. The van der Waals surface area contributed by atoms with E-state index in [9.17, 15) is 9.59 Å². The molecule has 1 heterocycles. The summed E-state index contributed by atoms with van der Waals surface area (Å²) in [5, 5.41) is 10.8. The lowest BCUT2D eigenvalue weighted by atomic mass is 10.2. The van der Waals surface area contributed by atoms with Crippen LogP contribution in [0.4, 0.5) is 0 Å². The standard InChI is InChI=1S/C9H11NO4/c1-6-7(3-5-14-6)9(13)10-4-2-8(11)12/h3,5H,2,4H2,1H3,(H,10,13)(H,11,12). The van der Waals surface area contributed by atoms with Gasteiger partial charge in [-0.05, 0) is 13.0 Å². The van der Waals surface area contributed by atoms with Gasteiger partial charge in [-0.25, -0.2) is 0 Å². The molecule has 0 fully saturated rings. The molecule has 1 amide bonds. The molecule has 5 nitrogen and oxygen atoms in total. The Morgan fingerprint density at radius 2 is 2.29 bits per heavy atom. The maximum absolute atomic E-state index is 11.3. The highest BCUT2D eigenvalue weighted by atomic mass is 16.4. The molecule has 1 aromatic heterocycles. The number of aryl methyl sites for hydroxylation is 1. The van der Waals surface area contributed by atoms with Crippen molar-refractivity contribution in [3.8, 4) is 0 Å². The number of hydrogen-bond acceptors (Lipinski definition) is 3. The molecule has 0 aliphatic carbocycles. The molecule has 14 heavy (non-hydrogen) atoms. The topological polar surface area (TPSA) is 79.5 Å². The normalized spacial score (nSPS) is 9.79. The van der Waals surface area contributed by atoms with Crippen molar-refractivity contribution >= 4 is 11.9 Å². The van der Waals surface area contributed by atoms with Crippen LogP contribution in [0.1, 0.15) is 22.5 Å². The molecular weight excluding hydrogens is 186 g/mol. The lowest BCUT2D eigenvalue weighted by Gasteiger charge is -2.01. The van der Waals surface area contributed by atoms with E-state index in [1.165, 1.54) is 6.26 Å². The summed E-state index contributed by atoms with van der Waals surface area (Å²) in [5.41, 5.74) is 0.440. The van der Waals surface area contributed by atoms with Crippen LogP contribution < -0.4 is 5.32 Å². The van der Waals surface area contributed by atoms with Gasteiger partial charge in [0.15, 0.2) is 0 Å². The van der Waals surface area contributed by atoms with E-state index in [2.05, 4.69) is 5.32 Å². The van der Waals surface area contributed by atoms with Gasteiger partial charge in [0.25, 0.3) is 5.91 Å². The minimum atomic E-state index is -0.936. The molecule has 0 aliphatic heterocycles. The van der Waals surface area contributed by atoms with Crippen molar-refractivity contribution < 1.29 is 19.1 Å². The number of carboxylic acids is 1. The Bertz CT molecular complexity index is 342. The minimum absolute atomic E-state index is 0.0807. The van der Waals surface area contributed by atoms with Gasteiger partial charge >= 0.3 is 5.97 Å². The third-order valence-corrected chi connectivity index (χ3v) is 1.73. The van der Waals surface area contributed by atoms with Crippen molar-refractivity contribution in [3.05, 3.63) is 23.7 Å². The molecule has 1 rings (SSSR count). The van der Waals surface area contributed by atoms with Gasteiger partial charge in [-0.15, -0.1) is 0 Å². The summed E-state index contributed by atoms with van der Waals surface area (Å²) in [7, 11) is 0. The van der Waals surface area contributed by atoms with E-state index in [4.69, 9.17) is 9.52 Å². The predicted octanol–water partition coefficient (Wildman–Crippen LogP) is 0.793. The van der Waals surface area contributed by atoms with Crippen molar-refractivity contribution in [2.45, 2.75) is 13.3 Å². The highest BCUT2D eigenvalue weighted by Gasteiger charge is 2.10. The smallest absolute Gasteiger partial charge is 0.305 e. The summed E-state index contributed by atoms with van der Waals surface area (Å²) in [6.07, 6.45) is 1.34. The second-order valence-corrected chi connectivity index (χ2v) is 2.79. The van der Waals surface area contributed by atoms with Gasteiger partial charge in [0, 0.05) is 6.54 Å². The zero-order valence-electron chi connectivity index (χ0n) is 7.74. The first-order valence-corrected chi connectivity index (χ1v) is 4.15. The van der Waals surface area contributed by atoms with Crippen LogP contribution in [-0.4, -0.2) is 23.5 Å². The quantitative estimate of drug-likeness (QED) is 0.747. The number of furan rings is 1. The first-order valence-electron chi connectivity index (χ1n) is 4.15. The monoisotopic (exact) mass is 197 g/mol. The van der Waals surface area contributed by atoms with E-state index in [0.717, 1.165) is 0 Å². The van der Waals surface area contributed by atoms with Crippen molar-refractivity contribution in [1.82, 2.24) is 5.32 Å². The second kappa shape index (κ2) is 4.45. The van der Waals surface area contributed by atoms with E-state index in [1.54, 1.807) is 13.0 Å². The maximum Gasteiger partial charge on any atom is 0.305 e. The number of carbonyl (C=O) groups is 2. The maximum atomic E-state index is 11.3. The van der Waals surface area contributed by atoms with Crippen LogP contribution in [0, 0.1) is 6.92 Å². The molecule has 0 aliphatic rings. The van der Waals surface area contributed by atoms with Gasteiger partial charge in [0.1, 0.15) is 5.76 Å². The van der Waals surface area contributed by atoms with Gasteiger partial charge in [-0.1, -0.05) is 0 Å². The van der Waals surface area contributed by atoms with Crippen molar-refractivity contribution in [2.75, 3.05) is 6.54 Å². The Hall–Kier alpha value is -1.78. The first kappa shape index (κ1) is 10.3. The Morgan fingerprint density at radius 1 is 1.57 bits per heavy atom. The summed E-state index contributed by atoms with van der Waals surface area (Å²) in [5.74, 6) is -0.718. The van der Waals surface area contributed by atoms with Crippen LogP contribution >= 0.6 is 0 Å². The van der Waals surface area contributed by atoms with Gasteiger partial charge in [-0.2, -0.15) is 0 Å². The van der Waals surface area contributed by atoms with Crippen molar-refractivity contribution in [2.24, 2.45) is 0 Å². The summed E-state index contributed by atoms with van der Waals surface area (Å²) in [4.78, 5) is 21.5. The van der Waals surface area contributed by atoms with Crippen molar-refractivity contribution in [1.29, 1.82) is 0 Å². The Balaban J connectivity index is 2.44. The highest BCUT2D eigenvalue weighted by molar-refractivity contribution is 5.95. The Morgan fingerprint density at radius 3 is 2.79 bits per heavy atom. The molecule has 0 saturated carbocycles. The van der Waals surface area contributed by atoms with Crippen LogP contribution in [-0.2, 0) is 4.79 Å². The van der Waals surface area contributed by atoms with E-state index in [-0.39, 0.29) is 18.9 Å². The fourth-order valence-corrected chi connectivity index (χ4v) is 0.999. The van der Waals surface area contributed by atoms with Crippen LogP contribution in [0.3, 0.4) is 0 Å². The molecular formula is C9H11NO4. The number of rotatable bonds is 4.